The molecule has 2 N–H and O–H groups in total. The molecule has 1 aliphatic carbocycles. The standard InChI is InChI=1S/C21H31N3O/c25-21(22-14-11-18-7-3-1-4-8-18)23-20-12-15-24(16-13-20)17-19-9-5-2-6-10-19/h2,5-7,9-10,20H,1,3-4,8,11-17H2,(H2,22,23,25). The molecular formula is C21H31N3O. The lowest BCUT2D eigenvalue weighted by atomic mass is 9.97. The average molecular weight is 341 g/mol. The van der Waals surface area contributed by atoms with Gasteiger partial charge in [-0.15, -0.1) is 0 Å². The van der Waals surface area contributed by atoms with Crippen LogP contribution in [-0.2, 0) is 6.54 Å². The number of rotatable bonds is 6. The summed E-state index contributed by atoms with van der Waals surface area (Å²) in [5.74, 6) is 0. The second-order valence-corrected chi connectivity index (χ2v) is 7.29. The van der Waals surface area contributed by atoms with Gasteiger partial charge in [-0.2, -0.15) is 0 Å². The Morgan fingerprint density at radius 1 is 1.12 bits per heavy atom. The fraction of sp³-hybridized carbons (Fsp3) is 0.571. The van der Waals surface area contributed by atoms with Gasteiger partial charge in [0.15, 0.2) is 0 Å². The van der Waals surface area contributed by atoms with Crippen LogP contribution in [0, 0.1) is 0 Å². The van der Waals surface area contributed by atoms with E-state index in [1.54, 1.807) is 0 Å². The summed E-state index contributed by atoms with van der Waals surface area (Å²) < 4.78 is 0. The molecule has 0 aromatic heterocycles. The highest BCUT2D eigenvalue weighted by Crippen LogP contribution is 2.19. The molecule has 2 amide bonds. The first kappa shape index (κ1) is 18.0. The lowest BCUT2D eigenvalue weighted by Crippen LogP contribution is -2.47. The molecule has 2 aliphatic rings. The summed E-state index contributed by atoms with van der Waals surface area (Å²) in [6.07, 6.45) is 10.5. The number of likely N-dealkylation sites (tertiary alicyclic amines) is 1. The van der Waals surface area contributed by atoms with Crippen LogP contribution < -0.4 is 10.6 Å². The Morgan fingerprint density at radius 2 is 1.92 bits per heavy atom. The van der Waals surface area contributed by atoms with Gasteiger partial charge in [0.1, 0.15) is 0 Å². The summed E-state index contributed by atoms with van der Waals surface area (Å²) in [6, 6.07) is 10.9. The number of allylic oxidation sites excluding steroid dienone is 1. The number of urea groups is 1. The minimum atomic E-state index is -0.00193. The molecule has 1 aliphatic heterocycles. The predicted octanol–water partition coefficient (Wildman–Crippen LogP) is 3.84. The maximum Gasteiger partial charge on any atom is 0.315 e. The van der Waals surface area contributed by atoms with E-state index in [-0.39, 0.29) is 6.03 Å². The van der Waals surface area contributed by atoms with Gasteiger partial charge >= 0.3 is 6.03 Å². The maximum absolute atomic E-state index is 12.1. The number of hydrogen-bond donors (Lipinski definition) is 2. The molecule has 25 heavy (non-hydrogen) atoms. The van der Waals surface area contributed by atoms with Gasteiger partial charge in [-0.1, -0.05) is 42.0 Å². The Hall–Kier alpha value is -1.81. The zero-order chi connectivity index (χ0) is 17.3. The van der Waals surface area contributed by atoms with E-state index in [1.807, 2.05) is 0 Å². The summed E-state index contributed by atoms with van der Waals surface area (Å²) in [5.41, 5.74) is 2.88. The molecule has 1 saturated heterocycles. The third kappa shape index (κ3) is 6.20. The molecule has 1 fully saturated rings. The molecular weight excluding hydrogens is 310 g/mol. The topological polar surface area (TPSA) is 44.4 Å². The van der Waals surface area contributed by atoms with E-state index in [4.69, 9.17) is 0 Å². The van der Waals surface area contributed by atoms with E-state index >= 15 is 0 Å². The third-order valence-electron chi connectivity index (χ3n) is 5.29. The quantitative estimate of drug-likeness (QED) is 0.772. The number of nitrogens with one attached hydrogen (secondary N) is 2. The summed E-state index contributed by atoms with van der Waals surface area (Å²) >= 11 is 0. The van der Waals surface area contributed by atoms with Crippen LogP contribution in [0.1, 0.15) is 50.5 Å². The number of nitrogens with zero attached hydrogens (tertiary/aromatic N) is 1. The lowest BCUT2D eigenvalue weighted by molar-refractivity contribution is 0.186. The van der Waals surface area contributed by atoms with Crippen molar-refractivity contribution < 1.29 is 4.79 Å². The summed E-state index contributed by atoms with van der Waals surface area (Å²) in [7, 11) is 0. The van der Waals surface area contributed by atoms with Crippen molar-refractivity contribution >= 4 is 6.03 Å². The van der Waals surface area contributed by atoms with Crippen molar-refractivity contribution in [2.45, 2.75) is 57.5 Å². The van der Waals surface area contributed by atoms with Crippen LogP contribution in [-0.4, -0.2) is 36.6 Å². The van der Waals surface area contributed by atoms with E-state index in [2.05, 4.69) is 51.9 Å². The van der Waals surface area contributed by atoms with Crippen molar-refractivity contribution in [2.75, 3.05) is 19.6 Å². The average Bonchev–Trinajstić information content (AvgIpc) is 2.65. The van der Waals surface area contributed by atoms with Crippen LogP contribution in [0.5, 0.6) is 0 Å². The van der Waals surface area contributed by atoms with Gasteiger partial charge in [-0.25, -0.2) is 4.79 Å². The summed E-state index contributed by atoms with van der Waals surface area (Å²) in [6.45, 7) is 3.86. The number of benzene rings is 1. The van der Waals surface area contributed by atoms with Gasteiger partial charge in [-0.05, 0) is 50.5 Å². The Bertz CT molecular complexity index is 562. The van der Waals surface area contributed by atoms with Crippen molar-refractivity contribution in [2.24, 2.45) is 0 Å². The minimum Gasteiger partial charge on any atom is -0.338 e. The van der Waals surface area contributed by atoms with Gasteiger partial charge in [0, 0.05) is 32.2 Å². The highest BCUT2D eigenvalue weighted by atomic mass is 16.2. The molecule has 136 valence electrons. The number of piperidine rings is 1. The van der Waals surface area contributed by atoms with Gasteiger partial charge in [0.05, 0.1) is 0 Å². The first-order valence-electron chi connectivity index (χ1n) is 9.78. The zero-order valence-corrected chi connectivity index (χ0v) is 15.2. The Kier molecular flexibility index (Phi) is 6.92. The summed E-state index contributed by atoms with van der Waals surface area (Å²) in [5, 5.41) is 6.17. The normalized spacial score (nSPS) is 19.3. The largest absolute Gasteiger partial charge is 0.338 e. The minimum absolute atomic E-state index is 0.00193. The molecule has 3 rings (SSSR count). The SMILES string of the molecule is O=C(NCCC1=CCCCC1)NC1CCN(Cc2ccccc2)CC1. The molecule has 4 nitrogen and oxygen atoms in total. The summed E-state index contributed by atoms with van der Waals surface area (Å²) in [4.78, 5) is 14.5. The van der Waals surface area contributed by atoms with Crippen LogP contribution in [0.4, 0.5) is 4.79 Å². The maximum atomic E-state index is 12.1. The van der Waals surface area contributed by atoms with Crippen LogP contribution in [0.2, 0.25) is 0 Å². The van der Waals surface area contributed by atoms with Gasteiger partial charge < -0.3 is 10.6 Å². The molecule has 0 radical (unpaired) electrons. The van der Waals surface area contributed by atoms with E-state index in [0.717, 1.165) is 45.4 Å². The second-order valence-electron chi connectivity index (χ2n) is 7.29. The molecule has 1 heterocycles. The van der Waals surface area contributed by atoms with Gasteiger partial charge in [0.2, 0.25) is 0 Å². The smallest absolute Gasteiger partial charge is 0.315 e. The molecule has 0 saturated carbocycles. The molecule has 4 heteroatoms. The van der Waals surface area contributed by atoms with E-state index in [0.29, 0.717) is 6.04 Å². The fourth-order valence-corrected chi connectivity index (χ4v) is 3.78. The monoisotopic (exact) mass is 341 g/mol. The Morgan fingerprint density at radius 3 is 2.64 bits per heavy atom. The third-order valence-corrected chi connectivity index (χ3v) is 5.29. The number of amides is 2. The number of carbonyl (C=O) groups is 1. The molecule has 0 bridgehead atoms. The van der Waals surface area contributed by atoms with Crippen molar-refractivity contribution in [3.8, 4) is 0 Å². The van der Waals surface area contributed by atoms with Crippen molar-refractivity contribution in [1.29, 1.82) is 0 Å². The van der Waals surface area contributed by atoms with Crippen LogP contribution in [0.3, 0.4) is 0 Å². The van der Waals surface area contributed by atoms with Gasteiger partial charge in [0.25, 0.3) is 0 Å². The van der Waals surface area contributed by atoms with Crippen molar-refractivity contribution in [3.63, 3.8) is 0 Å². The Labute approximate surface area is 151 Å². The van der Waals surface area contributed by atoms with Crippen LogP contribution in [0.15, 0.2) is 42.0 Å². The number of hydrogen-bond acceptors (Lipinski definition) is 2. The highest BCUT2D eigenvalue weighted by Gasteiger charge is 2.20. The van der Waals surface area contributed by atoms with Crippen molar-refractivity contribution in [1.82, 2.24) is 15.5 Å². The van der Waals surface area contributed by atoms with Crippen LogP contribution >= 0.6 is 0 Å². The van der Waals surface area contributed by atoms with Crippen molar-refractivity contribution in [3.05, 3.63) is 47.5 Å². The second kappa shape index (κ2) is 9.62. The Balaban J connectivity index is 1.30. The predicted molar refractivity (Wildman–Crippen MR) is 102 cm³/mol. The fourth-order valence-electron chi connectivity index (χ4n) is 3.78. The lowest BCUT2D eigenvalue weighted by Gasteiger charge is -2.32. The zero-order valence-electron chi connectivity index (χ0n) is 15.2. The highest BCUT2D eigenvalue weighted by molar-refractivity contribution is 5.74. The molecule has 0 atom stereocenters. The molecule has 0 spiro atoms. The van der Waals surface area contributed by atoms with E-state index in [9.17, 15) is 4.79 Å². The van der Waals surface area contributed by atoms with Gasteiger partial charge in [-0.3, -0.25) is 4.90 Å². The molecule has 1 aromatic rings. The van der Waals surface area contributed by atoms with E-state index in [1.165, 1.54) is 36.8 Å². The molecule has 1 aromatic carbocycles. The first-order valence-corrected chi connectivity index (χ1v) is 9.78. The first-order chi connectivity index (χ1) is 12.3. The van der Waals surface area contributed by atoms with Crippen LogP contribution in [0.25, 0.3) is 0 Å². The van der Waals surface area contributed by atoms with E-state index < -0.39 is 0 Å². The molecule has 0 unspecified atom stereocenters. The number of carbonyl (C=O) groups excluding carboxylic acids is 1.